The van der Waals surface area contributed by atoms with Crippen molar-refractivity contribution in [2.45, 2.75) is 39.3 Å². The zero-order valence-electron chi connectivity index (χ0n) is 9.28. The Morgan fingerprint density at radius 3 is 2.71 bits per heavy atom. The number of nitrogens with one attached hydrogen (secondary N) is 1. The molecular weight excluding hydrogens is 178 g/mol. The van der Waals surface area contributed by atoms with Gasteiger partial charge in [0.1, 0.15) is 0 Å². The van der Waals surface area contributed by atoms with Crippen molar-refractivity contribution >= 4 is 5.69 Å². The third kappa shape index (κ3) is 2.48. The van der Waals surface area contributed by atoms with Crippen molar-refractivity contribution < 1.29 is 5.11 Å². The molecule has 0 saturated heterocycles. The van der Waals surface area contributed by atoms with E-state index in [0.29, 0.717) is 0 Å². The van der Waals surface area contributed by atoms with Crippen molar-refractivity contribution in [1.29, 1.82) is 0 Å². The highest BCUT2D eigenvalue weighted by Gasteiger charge is 2.12. The fourth-order valence-corrected chi connectivity index (χ4v) is 1.28. The average Bonchev–Trinajstić information content (AvgIpc) is 2.45. The van der Waals surface area contributed by atoms with Crippen LogP contribution in [0.3, 0.4) is 0 Å². The zero-order valence-corrected chi connectivity index (χ0v) is 9.28. The van der Waals surface area contributed by atoms with Gasteiger partial charge in [0.2, 0.25) is 0 Å². The Kier molecular flexibility index (Phi) is 3.52. The Hall–Kier alpha value is -1.03. The van der Waals surface area contributed by atoms with Crippen LogP contribution in [-0.2, 0) is 13.5 Å². The average molecular weight is 197 g/mol. The molecule has 0 bridgehead atoms. The second-order valence-electron chi connectivity index (χ2n) is 3.69. The molecule has 1 heterocycles. The molecule has 0 fully saturated rings. The Balaban J connectivity index is 2.74. The molecule has 1 rings (SSSR count). The minimum Gasteiger partial charge on any atom is -0.391 e. The fraction of sp³-hybridized carbons (Fsp3) is 0.700. The van der Waals surface area contributed by atoms with Crippen LogP contribution in [0.2, 0.25) is 0 Å². The summed E-state index contributed by atoms with van der Waals surface area (Å²) < 4.78 is 1.79. The van der Waals surface area contributed by atoms with Gasteiger partial charge in [-0.3, -0.25) is 4.68 Å². The molecule has 2 unspecified atom stereocenters. The van der Waals surface area contributed by atoms with E-state index in [1.165, 1.54) is 0 Å². The lowest BCUT2D eigenvalue weighted by Crippen LogP contribution is -2.28. The molecule has 0 radical (unpaired) electrons. The van der Waals surface area contributed by atoms with Gasteiger partial charge in [-0.1, -0.05) is 6.92 Å². The smallest absolute Gasteiger partial charge is 0.0853 e. The Morgan fingerprint density at radius 1 is 1.57 bits per heavy atom. The van der Waals surface area contributed by atoms with Gasteiger partial charge in [-0.15, -0.1) is 0 Å². The number of anilines is 1. The summed E-state index contributed by atoms with van der Waals surface area (Å²) in [6.45, 7) is 5.80. The summed E-state index contributed by atoms with van der Waals surface area (Å²) in [4.78, 5) is 0. The molecule has 0 spiro atoms. The van der Waals surface area contributed by atoms with Crippen molar-refractivity contribution in [2.75, 3.05) is 5.32 Å². The van der Waals surface area contributed by atoms with Crippen LogP contribution in [0.4, 0.5) is 5.69 Å². The number of hydrogen-bond donors (Lipinski definition) is 2. The molecule has 0 aliphatic heterocycles. The minimum absolute atomic E-state index is 0.0458. The predicted octanol–water partition coefficient (Wildman–Crippen LogP) is 1.16. The lowest BCUT2D eigenvalue weighted by molar-refractivity contribution is 0.178. The number of aromatic nitrogens is 2. The van der Waals surface area contributed by atoms with Crippen LogP contribution in [-0.4, -0.2) is 27.0 Å². The molecular formula is C10H19N3O. The first-order valence-corrected chi connectivity index (χ1v) is 5.01. The molecule has 2 atom stereocenters. The molecule has 4 heteroatoms. The van der Waals surface area contributed by atoms with Crippen molar-refractivity contribution in [3.63, 3.8) is 0 Å². The summed E-state index contributed by atoms with van der Waals surface area (Å²) in [5.41, 5.74) is 2.06. The second kappa shape index (κ2) is 4.46. The summed E-state index contributed by atoms with van der Waals surface area (Å²) in [7, 11) is 1.90. The number of aliphatic hydroxyl groups excluding tert-OH is 1. The van der Waals surface area contributed by atoms with Crippen LogP contribution in [0.5, 0.6) is 0 Å². The molecule has 1 aromatic heterocycles. The van der Waals surface area contributed by atoms with E-state index >= 15 is 0 Å². The quantitative estimate of drug-likeness (QED) is 0.761. The maximum Gasteiger partial charge on any atom is 0.0853 e. The van der Waals surface area contributed by atoms with E-state index in [9.17, 15) is 5.11 Å². The summed E-state index contributed by atoms with van der Waals surface area (Å²) >= 11 is 0. The van der Waals surface area contributed by atoms with E-state index in [4.69, 9.17) is 0 Å². The molecule has 80 valence electrons. The summed E-state index contributed by atoms with van der Waals surface area (Å²) in [5, 5.41) is 16.9. The van der Waals surface area contributed by atoms with Crippen LogP contribution in [0.15, 0.2) is 6.20 Å². The molecule has 2 N–H and O–H groups in total. The zero-order chi connectivity index (χ0) is 10.7. The monoisotopic (exact) mass is 197 g/mol. The normalized spacial score (nSPS) is 15.2. The van der Waals surface area contributed by atoms with Gasteiger partial charge >= 0.3 is 0 Å². The first-order valence-electron chi connectivity index (χ1n) is 5.01. The standard InChI is InChI=1S/C10H19N3O/c1-5-9-10(6-13(4)12-9)11-7(2)8(3)14/h6-8,11,14H,5H2,1-4H3. The highest BCUT2D eigenvalue weighted by molar-refractivity contribution is 5.47. The molecule has 1 aromatic rings. The Morgan fingerprint density at radius 2 is 2.21 bits per heavy atom. The van der Waals surface area contributed by atoms with Gasteiger partial charge in [0, 0.05) is 19.3 Å². The second-order valence-corrected chi connectivity index (χ2v) is 3.69. The van der Waals surface area contributed by atoms with Gasteiger partial charge in [0.05, 0.1) is 17.5 Å². The van der Waals surface area contributed by atoms with Crippen LogP contribution < -0.4 is 5.32 Å². The highest BCUT2D eigenvalue weighted by Crippen LogP contribution is 2.15. The number of aryl methyl sites for hydroxylation is 2. The summed E-state index contributed by atoms with van der Waals surface area (Å²) in [5.74, 6) is 0. The molecule has 0 amide bonds. The predicted molar refractivity (Wildman–Crippen MR) is 57.4 cm³/mol. The SMILES string of the molecule is CCc1nn(C)cc1NC(C)C(C)O. The number of aliphatic hydroxyl groups is 1. The molecule has 14 heavy (non-hydrogen) atoms. The lowest BCUT2D eigenvalue weighted by atomic mass is 10.2. The van der Waals surface area contributed by atoms with Gasteiger partial charge in [0.15, 0.2) is 0 Å². The van der Waals surface area contributed by atoms with E-state index in [2.05, 4.69) is 17.3 Å². The summed E-state index contributed by atoms with van der Waals surface area (Å²) in [6, 6.07) is 0.0458. The van der Waals surface area contributed by atoms with Gasteiger partial charge in [-0.25, -0.2) is 0 Å². The van der Waals surface area contributed by atoms with E-state index in [0.717, 1.165) is 17.8 Å². The third-order valence-electron chi connectivity index (χ3n) is 2.35. The molecule has 4 nitrogen and oxygen atoms in total. The third-order valence-corrected chi connectivity index (χ3v) is 2.35. The number of nitrogens with zero attached hydrogens (tertiary/aromatic N) is 2. The number of rotatable bonds is 4. The van der Waals surface area contributed by atoms with Crippen LogP contribution in [0.25, 0.3) is 0 Å². The van der Waals surface area contributed by atoms with Gasteiger partial charge in [0.25, 0.3) is 0 Å². The molecule has 0 aliphatic rings. The first-order chi connectivity index (χ1) is 6.54. The lowest BCUT2D eigenvalue weighted by Gasteiger charge is -2.17. The first kappa shape index (κ1) is 11.0. The van der Waals surface area contributed by atoms with E-state index in [1.54, 1.807) is 11.6 Å². The Bertz CT molecular complexity index is 294. The highest BCUT2D eigenvalue weighted by atomic mass is 16.3. The van der Waals surface area contributed by atoms with Crippen molar-refractivity contribution in [2.24, 2.45) is 7.05 Å². The van der Waals surface area contributed by atoms with Crippen LogP contribution in [0, 0.1) is 0 Å². The van der Waals surface area contributed by atoms with Crippen molar-refractivity contribution in [3.05, 3.63) is 11.9 Å². The fourth-order valence-electron chi connectivity index (χ4n) is 1.28. The molecule has 0 aliphatic carbocycles. The Labute approximate surface area is 84.9 Å². The minimum atomic E-state index is -0.361. The van der Waals surface area contributed by atoms with Crippen LogP contribution in [0.1, 0.15) is 26.5 Å². The van der Waals surface area contributed by atoms with Crippen molar-refractivity contribution in [1.82, 2.24) is 9.78 Å². The van der Waals surface area contributed by atoms with Gasteiger partial charge in [-0.2, -0.15) is 5.10 Å². The largest absolute Gasteiger partial charge is 0.391 e. The summed E-state index contributed by atoms with van der Waals surface area (Å²) in [6.07, 6.45) is 2.48. The van der Waals surface area contributed by atoms with Gasteiger partial charge in [-0.05, 0) is 20.3 Å². The maximum atomic E-state index is 9.36. The maximum absolute atomic E-state index is 9.36. The molecule has 0 aromatic carbocycles. The topological polar surface area (TPSA) is 50.1 Å². The van der Waals surface area contributed by atoms with E-state index < -0.39 is 0 Å². The van der Waals surface area contributed by atoms with E-state index in [-0.39, 0.29) is 12.1 Å². The number of hydrogen-bond acceptors (Lipinski definition) is 3. The van der Waals surface area contributed by atoms with Gasteiger partial charge < -0.3 is 10.4 Å². The molecule has 0 saturated carbocycles. The van der Waals surface area contributed by atoms with Crippen LogP contribution >= 0.6 is 0 Å². The van der Waals surface area contributed by atoms with Crippen molar-refractivity contribution in [3.8, 4) is 0 Å². The van der Waals surface area contributed by atoms with E-state index in [1.807, 2.05) is 20.2 Å².